The van der Waals surface area contributed by atoms with Gasteiger partial charge in [0.1, 0.15) is 5.82 Å². The molecule has 1 saturated heterocycles. The van der Waals surface area contributed by atoms with Gasteiger partial charge in [-0.25, -0.2) is 4.39 Å². The highest BCUT2D eigenvalue weighted by atomic mass is 19.1. The number of piperidine rings is 1. The number of nitrogens with zero attached hydrogens (tertiary/aromatic N) is 2. The lowest BCUT2D eigenvalue weighted by molar-refractivity contribution is 0.0964. The Kier molecular flexibility index (Phi) is 5.01. The lowest BCUT2D eigenvalue weighted by atomic mass is 9.73. The fraction of sp³-hybridized carbons (Fsp3) is 0.714. The number of hydrogen-bond donors (Lipinski definition) is 0. The fourth-order valence-corrected chi connectivity index (χ4v) is 5.34. The Bertz CT molecular complexity index is 592. The molecule has 4 rings (SSSR count). The molecule has 0 atom stereocenters. The zero-order chi connectivity index (χ0) is 17.3. The summed E-state index contributed by atoms with van der Waals surface area (Å²) >= 11 is 0. The lowest BCUT2D eigenvalue weighted by Crippen LogP contribution is -2.49. The summed E-state index contributed by atoms with van der Waals surface area (Å²) in [4.78, 5) is 5.13. The van der Waals surface area contributed by atoms with Crippen molar-refractivity contribution in [3.8, 4) is 0 Å². The summed E-state index contributed by atoms with van der Waals surface area (Å²) in [6, 6.07) is 6.18. The number of ether oxygens (including phenoxy) is 1. The second-order valence-corrected chi connectivity index (χ2v) is 8.18. The third-order valence-electron chi connectivity index (χ3n) is 6.78. The highest BCUT2D eigenvalue weighted by molar-refractivity contribution is 5.63. The van der Waals surface area contributed by atoms with Crippen molar-refractivity contribution >= 4 is 5.69 Å². The maximum absolute atomic E-state index is 14.0. The zero-order valence-corrected chi connectivity index (χ0v) is 15.5. The van der Waals surface area contributed by atoms with Gasteiger partial charge in [0.25, 0.3) is 0 Å². The van der Waals surface area contributed by atoms with Crippen LogP contribution in [0.25, 0.3) is 0 Å². The number of fused-ring (bicyclic) bond motifs is 2. The molecule has 0 bridgehead atoms. The topological polar surface area (TPSA) is 15.7 Å². The first kappa shape index (κ1) is 17.3. The summed E-state index contributed by atoms with van der Waals surface area (Å²) in [7, 11) is 1.75. The van der Waals surface area contributed by atoms with E-state index in [2.05, 4.69) is 9.80 Å². The van der Waals surface area contributed by atoms with Crippen LogP contribution in [-0.4, -0.2) is 50.8 Å². The first-order valence-electron chi connectivity index (χ1n) is 10.00. The van der Waals surface area contributed by atoms with Crippen molar-refractivity contribution < 1.29 is 9.13 Å². The van der Waals surface area contributed by atoms with E-state index < -0.39 is 0 Å². The summed E-state index contributed by atoms with van der Waals surface area (Å²) in [5.74, 6) is -0.0959. The number of halogens is 1. The largest absolute Gasteiger partial charge is 0.383 e. The molecule has 4 heteroatoms. The van der Waals surface area contributed by atoms with E-state index in [1.165, 1.54) is 56.4 Å². The standard InChI is InChI=1S/C21H31FN2O/c1-25-14-13-24-16-21(19-15-17(22)7-8-20(19)24)9-11-23(12-10-21)18-5-3-2-4-6-18/h7-8,15,18H,2-6,9-14,16H2,1H3. The fourth-order valence-electron chi connectivity index (χ4n) is 5.34. The van der Waals surface area contributed by atoms with Gasteiger partial charge in [-0.2, -0.15) is 0 Å². The van der Waals surface area contributed by atoms with Crippen LogP contribution >= 0.6 is 0 Å². The van der Waals surface area contributed by atoms with Gasteiger partial charge in [0.2, 0.25) is 0 Å². The molecule has 1 aromatic rings. The summed E-state index contributed by atoms with van der Waals surface area (Å²) < 4.78 is 19.3. The smallest absolute Gasteiger partial charge is 0.123 e. The highest BCUT2D eigenvalue weighted by Gasteiger charge is 2.45. The van der Waals surface area contributed by atoms with Gasteiger partial charge >= 0.3 is 0 Å². The van der Waals surface area contributed by atoms with E-state index in [-0.39, 0.29) is 11.2 Å². The van der Waals surface area contributed by atoms with E-state index in [4.69, 9.17) is 4.74 Å². The van der Waals surface area contributed by atoms with Crippen molar-refractivity contribution in [3.05, 3.63) is 29.6 Å². The maximum atomic E-state index is 14.0. The summed E-state index contributed by atoms with van der Waals surface area (Å²) in [5, 5.41) is 0. The molecule has 0 amide bonds. The van der Waals surface area contributed by atoms with Crippen molar-refractivity contribution in [3.63, 3.8) is 0 Å². The van der Waals surface area contributed by atoms with E-state index in [9.17, 15) is 4.39 Å². The van der Waals surface area contributed by atoms with E-state index >= 15 is 0 Å². The molecule has 0 N–H and O–H groups in total. The van der Waals surface area contributed by atoms with Crippen LogP contribution in [0.1, 0.15) is 50.5 Å². The van der Waals surface area contributed by atoms with E-state index in [1.54, 1.807) is 19.2 Å². The molecule has 1 aliphatic carbocycles. The summed E-state index contributed by atoms with van der Waals surface area (Å²) in [6.45, 7) is 4.97. The van der Waals surface area contributed by atoms with Gasteiger partial charge in [-0.05, 0) is 62.5 Å². The molecule has 1 aromatic carbocycles. The number of anilines is 1. The van der Waals surface area contributed by atoms with Gasteiger partial charge in [-0.1, -0.05) is 19.3 Å². The van der Waals surface area contributed by atoms with Crippen molar-refractivity contribution in [1.29, 1.82) is 0 Å². The molecular formula is C21H31FN2O. The first-order valence-corrected chi connectivity index (χ1v) is 10.00. The molecule has 0 radical (unpaired) electrons. The molecule has 0 aromatic heterocycles. The van der Waals surface area contributed by atoms with Crippen LogP contribution in [0.5, 0.6) is 0 Å². The summed E-state index contributed by atoms with van der Waals surface area (Å²) in [6.07, 6.45) is 9.26. The minimum atomic E-state index is -0.0959. The van der Waals surface area contributed by atoms with Crippen LogP contribution in [0.4, 0.5) is 10.1 Å². The Morgan fingerprint density at radius 1 is 1.16 bits per heavy atom. The number of likely N-dealkylation sites (tertiary alicyclic amines) is 1. The molecule has 1 saturated carbocycles. The normalized spacial score (nSPS) is 24.0. The van der Waals surface area contributed by atoms with Crippen molar-refractivity contribution in [2.24, 2.45) is 0 Å². The van der Waals surface area contributed by atoms with Crippen molar-refractivity contribution in [2.45, 2.75) is 56.4 Å². The monoisotopic (exact) mass is 346 g/mol. The molecule has 2 fully saturated rings. The number of methoxy groups -OCH3 is 1. The molecule has 138 valence electrons. The molecule has 3 nitrogen and oxygen atoms in total. The van der Waals surface area contributed by atoms with Gasteiger partial charge < -0.3 is 14.5 Å². The van der Waals surface area contributed by atoms with Crippen LogP contribution in [0.3, 0.4) is 0 Å². The number of benzene rings is 1. The Hall–Kier alpha value is -1.13. The average Bonchev–Trinajstić information content (AvgIpc) is 2.94. The first-order chi connectivity index (χ1) is 12.2. The molecule has 2 aliphatic heterocycles. The van der Waals surface area contributed by atoms with E-state index in [0.29, 0.717) is 0 Å². The van der Waals surface area contributed by atoms with Crippen LogP contribution in [0.2, 0.25) is 0 Å². The summed E-state index contributed by atoms with van der Waals surface area (Å²) in [5.41, 5.74) is 2.60. The molecule has 25 heavy (non-hydrogen) atoms. The van der Waals surface area contributed by atoms with Crippen LogP contribution in [0, 0.1) is 5.82 Å². The van der Waals surface area contributed by atoms with E-state index in [1.807, 2.05) is 6.07 Å². The Morgan fingerprint density at radius 3 is 2.64 bits per heavy atom. The molecular weight excluding hydrogens is 315 g/mol. The predicted molar refractivity (Wildman–Crippen MR) is 99.8 cm³/mol. The lowest BCUT2D eigenvalue weighted by Gasteiger charge is -2.44. The molecule has 1 spiro atoms. The number of rotatable bonds is 4. The van der Waals surface area contributed by atoms with Crippen molar-refractivity contribution in [2.75, 3.05) is 44.8 Å². The molecule has 3 aliphatic rings. The highest BCUT2D eigenvalue weighted by Crippen LogP contribution is 2.47. The second kappa shape index (κ2) is 7.24. The van der Waals surface area contributed by atoms with Gasteiger partial charge in [0.15, 0.2) is 0 Å². The average molecular weight is 346 g/mol. The van der Waals surface area contributed by atoms with Crippen LogP contribution < -0.4 is 4.90 Å². The SMILES string of the molecule is COCCN1CC2(CCN(C3CCCCC3)CC2)c2cc(F)ccc21. The molecule has 0 unspecified atom stereocenters. The van der Waals surface area contributed by atoms with Crippen LogP contribution in [0.15, 0.2) is 18.2 Å². The number of hydrogen-bond acceptors (Lipinski definition) is 3. The molecule has 2 heterocycles. The van der Waals surface area contributed by atoms with Gasteiger partial charge in [-0.3, -0.25) is 0 Å². The minimum absolute atomic E-state index is 0.0959. The van der Waals surface area contributed by atoms with Crippen molar-refractivity contribution in [1.82, 2.24) is 4.90 Å². The van der Waals surface area contributed by atoms with E-state index in [0.717, 1.165) is 38.6 Å². The zero-order valence-electron chi connectivity index (χ0n) is 15.5. The Labute approximate surface area is 151 Å². The van der Waals surface area contributed by atoms with Gasteiger partial charge in [0, 0.05) is 37.3 Å². The maximum Gasteiger partial charge on any atom is 0.123 e. The predicted octanol–water partition coefficient (Wildman–Crippen LogP) is 3.96. The quantitative estimate of drug-likeness (QED) is 0.821. The Morgan fingerprint density at radius 2 is 1.92 bits per heavy atom. The van der Waals surface area contributed by atoms with Gasteiger partial charge in [0.05, 0.1) is 6.61 Å². The minimum Gasteiger partial charge on any atom is -0.383 e. The third-order valence-corrected chi connectivity index (χ3v) is 6.78. The van der Waals surface area contributed by atoms with Gasteiger partial charge in [-0.15, -0.1) is 0 Å². The van der Waals surface area contributed by atoms with Crippen LogP contribution in [-0.2, 0) is 10.2 Å². The third kappa shape index (κ3) is 3.31. The Balaban J connectivity index is 1.51. The second-order valence-electron chi connectivity index (χ2n) is 8.18.